The van der Waals surface area contributed by atoms with Gasteiger partial charge in [-0.05, 0) is 34.0 Å². The Labute approximate surface area is 127 Å². The van der Waals surface area contributed by atoms with Crippen LogP contribution >= 0.6 is 0 Å². The molecule has 1 aliphatic heterocycles. The van der Waals surface area contributed by atoms with Crippen LogP contribution in [0.25, 0.3) is 10.8 Å². The lowest BCUT2D eigenvalue weighted by atomic mass is 9.82. The minimum Gasteiger partial charge on any atom is -0.326 e. The molecule has 1 amide bonds. The Morgan fingerprint density at radius 1 is 0.955 bits per heavy atom. The number of nitrogens with one attached hydrogen (secondary N) is 1. The SMILES string of the molecule is O=C1CC(c2ccccc2F)c2c(ccc3ccccc23)N1. The van der Waals surface area contributed by atoms with E-state index in [1.807, 2.05) is 42.5 Å². The second-order valence-electron chi connectivity index (χ2n) is 5.57. The molecular formula is C19H14FNO. The van der Waals surface area contributed by atoms with Gasteiger partial charge in [0, 0.05) is 18.0 Å². The molecule has 0 radical (unpaired) electrons. The van der Waals surface area contributed by atoms with Gasteiger partial charge in [0.2, 0.25) is 5.91 Å². The van der Waals surface area contributed by atoms with E-state index >= 15 is 0 Å². The highest BCUT2D eigenvalue weighted by Gasteiger charge is 2.29. The highest BCUT2D eigenvalue weighted by molar-refractivity contribution is 6.01. The number of hydrogen-bond donors (Lipinski definition) is 1. The van der Waals surface area contributed by atoms with E-state index in [9.17, 15) is 9.18 Å². The van der Waals surface area contributed by atoms with Crippen molar-refractivity contribution in [3.8, 4) is 0 Å². The van der Waals surface area contributed by atoms with Crippen LogP contribution in [0, 0.1) is 5.82 Å². The topological polar surface area (TPSA) is 29.1 Å². The molecule has 1 heterocycles. The molecular weight excluding hydrogens is 277 g/mol. The normalized spacial score (nSPS) is 17.1. The standard InChI is InChI=1S/C19H14FNO/c20-16-8-4-3-7-14(16)15-11-18(22)21-17-10-9-12-5-1-2-6-13(12)19(15)17/h1-10,15H,11H2,(H,21,22). The Hall–Kier alpha value is -2.68. The van der Waals surface area contributed by atoms with E-state index in [-0.39, 0.29) is 24.1 Å². The van der Waals surface area contributed by atoms with Crippen LogP contribution in [0.1, 0.15) is 23.5 Å². The zero-order chi connectivity index (χ0) is 15.1. The van der Waals surface area contributed by atoms with Gasteiger partial charge in [-0.15, -0.1) is 0 Å². The van der Waals surface area contributed by atoms with Crippen LogP contribution in [0.4, 0.5) is 10.1 Å². The van der Waals surface area contributed by atoms with E-state index in [0.29, 0.717) is 5.56 Å². The summed E-state index contributed by atoms with van der Waals surface area (Å²) in [6, 6.07) is 18.6. The van der Waals surface area contributed by atoms with E-state index < -0.39 is 0 Å². The van der Waals surface area contributed by atoms with Crippen LogP contribution in [-0.2, 0) is 4.79 Å². The summed E-state index contributed by atoms with van der Waals surface area (Å²) >= 11 is 0. The lowest BCUT2D eigenvalue weighted by molar-refractivity contribution is -0.116. The van der Waals surface area contributed by atoms with Crippen molar-refractivity contribution in [2.24, 2.45) is 0 Å². The third kappa shape index (κ3) is 1.98. The molecule has 4 rings (SSSR count). The third-order valence-electron chi connectivity index (χ3n) is 4.26. The smallest absolute Gasteiger partial charge is 0.225 e. The second-order valence-corrected chi connectivity index (χ2v) is 5.57. The summed E-state index contributed by atoms with van der Waals surface area (Å²) in [4.78, 5) is 12.0. The van der Waals surface area contributed by atoms with Gasteiger partial charge in [0.15, 0.2) is 0 Å². The first-order valence-corrected chi connectivity index (χ1v) is 7.30. The van der Waals surface area contributed by atoms with Gasteiger partial charge >= 0.3 is 0 Å². The number of fused-ring (bicyclic) bond motifs is 3. The Morgan fingerprint density at radius 3 is 2.59 bits per heavy atom. The first kappa shape index (κ1) is 13.0. The van der Waals surface area contributed by atoms with Gasteiger partial charge < -0.3 is 5.32 Å². The molecule has 0 saturated carbocycles. The number of carbonyl (C=O) groups is 1. The first-order chi connectivity index (χ1) is 10.7. The summed E-state index contributed by atoms with van der Waals surface area (Å²) in [7, 11) is 0. The predicted molar refractivity (Wildman–Crippen MR) is 85.4 cm³/mol. The van der Waals surface area contributed by atoms with Crippen molar-refractivity contribution in [1.82, 2.24) is 0 Å². The summed E-state index contributed by atoms with van der Waals surface area (Å²) in [5.74, 6) is -0.590. The highest BCUT2D eigenvalue weighted by Crippen LogP contribution is 2.42. The third-order valence-corrected chi connectivity index (χ3v) is 4.26. The summed E-state index contributed by atoms with van der Waals surface area (Å²) in [5, 5.41) is 5.07. The number of carbonyl (C=O) groups excluding carboxylic acids is 1. The lowest BCUT2D eigenvalue weighted by Gasteiger charge is -2.27. The molecule has 1 aliphatic rings. The predicted octanol–water partition coefficient (Wildman–Crippen LogP) is 4.45. The summed E-state index contributed by atoms with van der Waals surface area (Å²) < 4.78 is 14.3. The minimum absolute atomic E-state index is 0.0731. The molecule has 0 aliphatic carbocycles. The molecule has 0 bridgehead atoms. The van der Waals surface area contributed by atoms with E-state index in [1.165, 1.54) is 6.07 Å². The Kier molecular flexibility index (Phi) is 2.93. The quantitative estimate of drug-likeness (QED) is 0.705. The van der Waals surface area contributed by atoms with Gasteiger partial charge in [-0.1, -0.05) is 48.5 Å². The van der Waals surface area contributed by atoms with Crippen molar-refractivity contribution in [1.29, 1.82) is 0 Å². The lowest BCUT2D eigenvalue weighted by Crippen LogP contribution is -2.24. The van der Waals surface area contributed by atoms with Crippen molar-refractivity contribution in [3.05, 3.63) is 77.6 Å². The monoisotopic (exact) mass is 291 g/mol. The largest absolute Gasteiger partial charge is 0.326 e. The average Bonchev–Trinajstić information content (AvgIpc) is 2.54. The van der Waals surface area contributed by atoms with E-state index in [2.05, 4.69) is 5.32 Å². The minimum atomic E-state index is -0.263. The van der Waals surface area contributed by atoms with Crippen molar-refractivity contribution < 1.29 is 9.18 Å². The van der Waals surface area contributed by atoms with Crippen molar-refractivity contribution in [2.45, 2.75) is 12.3 Å². The van der Waals surface area contributed by atoms with E-state index in [4.69, 9.17) is 0 Å². The van der Waals surface area contributed by atoms with Crippen molar-refractivity contribution >= 4 is 22.4 Å². The van der Waals surface area contributed by atoms with Crippen LogP contribution < -0.4 is 5.32 Å². The maximum Gasteiger partial charge on any atom is 0.225 e. The highest BCUT2D eigenvalue weighted by atomic mass is 19.1. The maximum atomic E-state index is 14.3. The number of anilines is 1. The number of benzene rings is 3. The fraction of sp³-hybridized carbons (Fsp3) is 0.105. The van der Waals surface area contributed by atoms with E-state index in [0.717, 1.165) is 22.0 Å². The zero-order valence-electron chi connectivity index (χ0n) is 11.8. The van der Waals surface area contributed by atoms with Gasteiger partial charge in [0.05, 0.1) is 0 Å². The van der Waals surface area contributed by atoms with Crippen LogP contribution in [0.3, 0.4) is 0 Å². The molecule has 108 valence electrons. The molecule has 2 nitrogen and oxygen atoms in total. The fourth-order valence-corrected chi connectivity index (χ4v) is 3.29. The Morgan fingerprint density at radius 2 is 1.73 bits per heavy atom. The van der Waals surface area contributed by atoms with Gasteiger partial charge in [-0.25, -0.2) is 4.39 Å². The molecule has 0 aromatic heterocycles. The molecule has 0 saturated heterocycles. The molecule has 1 atom stereocenters. The van der Waals surface area contributed by atoms with Gasteiger partial charge in [-0.3, -0.25) is 4.79 Å². The molecule has 0 fully saturated rings. The molecule has 3 aromatic carbocycles. The summed E-state index contributed by atoms with van der Waals surface area (Å²) in [6.45, 7) is 0. The first-order valence-electron chi connectivity index (χ1n) is 7.30. The number of amides is 1. The van der Waals surface area contributed by atoms with Crippen molar-refractivity contribution in [2.75, 3.05) is 5.32 Å². The van der Waals surface area contributed by atoms with E-state index in [1.54, 1.807) is 12.1 Å². The number of halogens is 1. The Bertz CT molecular complexity index is 887. The molecule has 3 aromatic rings. The molecule has 22 heavy (non-hydrogen) atoms. The maximum absolute atomic E-state index is 14.3. The van der Waals surface area contributed by atoms with Crippen LogP contribution in [-0.4, -0.2) is 5.91 Å². The second kappa shape index (κ2) is 4.95. The molecule has 1 N–H and O–H groups in total. The molecule has 1 unspecified atom stereocenters. The van der Waals surface area contributed by atoms with Crippen molar-refractivity contribution in [3.63, 3.8) is 0 Å². The van der Waals surface area contributed by atoms with Gasteiger partial charge in [-0.2, -0.15) is 0 Å². The average molecular weight is 291 g/mol. The van der Waals surface area contributed by atoms with Crippen LogP contribution in [0.15, 0.2) is 60.7 Å². The van der Waals surface area contributed by atoms with Crippen LogP contribution in [0.5, 0.6) is 0 Å². The molecule has 3 heteroatoms. The van der Waals surface area contributed by atoms with Crippen LogP contribution in [0.2, 0.25) is 0 Å². The Balaban J connectivity index is 2.02. The zero-order valence-corrected chi connectivity index (χ0v) is 11.8. The number of rotatable bonds is 1. The van der Waals surface area contributed by atoms with Gasteiger partial charge in [0.1, 0.15) is 5.82 Å². The fourth-order valence-electron chi connectivity index (χ4n) is 3.29. The molecule has 0 spiro atoms. The summed E-state index contributed by atoms with van der Waals surface area (Å²) in [6.07, 6.45) is 0.266. The summed E-state index contributed by atoms with van der Waals surface area (Å²) in [5.41, 5.74) is 2.36. The number of hydrogen-bond acceptors (Lipinski definition) is 1. The van der Waals surface area contributed by atoms with Gasteiger partial charge in [0.25, 0.3) is 0 Å².